The molecule has 2 aliphatic rings. The van der Waals surface area contributed by atoms with Gasteiger partial charge in [-0.25, -0.2) is 0 Å². The highest BCUT2D eigenvalue weighted by atomic mass is 32.2. The number of rotatable bonds is 9. The number of thioether (sulfide) groups is 1. The standard InChI is InChI=1S/C20H21N3O3S2/c1-3-16(27-9-1)12-19-21-22-20(23(19)14-4-5-14)28-10-2-8-24-15-6-7-17-18(11-15)26-13-25-17/h1,3,6-7,9,11,14H,2,4-5,8,10,12-13H2. The SMILES string of the molecule is c1csc(Cc2nnc(SCCCOc3ccc4c(c3)OCO4)n2C2CC2)c1. The molecule has 0 N–H and O–H groups in total. The van der Waals surface area contributed by atoms with Gasteiger partial charge in [-0.05, 0) is 42.8 Å². The van der Waals surface area contributed by atoms with Crippen LogP contribution in [-0.2, 0) is 6.42 Å². The van der Waals surface area contributed by atoms with Crippen molar-refractivity contribution in [3.8, 4) is 17.2 Å². The zero-order valence-electron chi connectivity index (χ0n) is 15.4. The highest BCUT2D eigenvalue weighted by Crippen LogP contribution is 2.39. The van der Waals surface area contributed by atoms with Gasteiger partial charge in [-0.1, -0.05) is 17.8 Å². The van der Waals surface area contributed by atoms with E-state index in [0.717, 1.165) is 46.8 Å². The highest BCUT2D eigenvalue weighted by Gasteiger charge is 2.29. The first-order chi connectivity index (χ1) is 13.9. The first-order valence-electron chi connectivity index (χ1n) is 9.48. The van der Waals surface area contributed by atoms with Crippen molar-refractivity contribution in [2.24, 2.45) is 0 Å². The number of thiophene rings is 1. The Balaban J connectivity index is 1.13. The summed E-state index contributed by atoms with van der Waals surface area (Å²) in [5, 5.41) is 12.1. The second kappa shape index (κ2) is 8.05. The summed E-state index contributed by atoms with van der Waals surface area (Å²) in [7, 11) is 0. The lowest BCUT2D eigenvalue weighted by atomic mass is 10.3. The van der Waals surface area contributed by atoms with Gasteiger partial charge >= 0.3 is 0 Å². The molecule has 146 valence electrons. The molecule has 6 nitrogen and oxygen atoms in total. The van der Waals surface area contributed by atoms with E-state index in [-0.39, 0.29) is 6.79 Å². The molecular formula is C20H21N3O3S2. The van der Waals surface area contributed by atoms with E-state index >= 15 is 0 Å². The van der Waals surface area contributed by atoms with Crippen LogP contribution in [0.15, 0.2) is 40.9 Å². The minimum atomic E-state index is 0.283. The molecule has 0 saturated heterocycles. The Morgan fingerprint density at radius 3 is 2.96 bits per heavy atom. The van der Waals surface area contributed by atoms with Crippen LogP contribution in [0.1, 0.15) is 36.0 Å². The van der Waals surface area contributed by atoms with Gasteiger partial charge in [0.25, 0.3) is 0 Å². The fourth-order valence-electron chi connectivity index (χ4n) is 3.17. The fraction of sp³-hybridized carbons (Fsp3) is 0.400. The molecule has 3 aromatic rings. The third kappa shape index (κ3) is 3.98. The molecule has 1 aliphatic heterocycles. The molecule has 28 heavy (non-hydrogen) atoms. The average molecular weight is 416 g/mol. The molecule has 1 aliphatic carbocycles. The van der Waals surface area contributed by atoms with E-state index in [9.17, 15) is 0 Å². The van der Waals surface area contributed by atoms with Crippen LogP contribution in [-0.4, -0.2) is 33.9 Å². The number of hydrogen-bond donors (Lipinski definition) is 0. The molecule has 1 fully saturated rings. The van der Waals surface area contributed by atoms with Crippen LogP contribution in [0.3, 0.4) is 0 Å². The molecule has 2 aromatic heterocycles. The van der Waals surface area contributed by atoms with Crippen LogP contribution < -0.4 is 14.2 Å². The molecule has 5 rings (SSSR count). The quantitative estimate of drug-likeness (QED) is 0.377. The molecule has 0 atom stereocenters. The van der Waals surface area contributed by atoms with Gasteiger partial charge in [-0.15, -0.1) is 21.5 Å². The maximum atomic E-state index is 5.84. The average Bonchev–Trinajstić information content (AvgIpc) is 3.11. The van der Waals surface area contributed by atoms with Crippen molar-refractivity contribution in [2.75, 3.05) is 19.2 Å². The lowest BCUT2D eigenvalue weighted by molar-refractivity contribution is 0.173. The first kappa shape index (κ1) is 17.9. The Kier molecular flexibility index (Phi) is 5.14. The minimum Gasteiger partial charge on any atom is -0.493 e. The molecule has 0 spiro atoms. The van der Waals surface area contributed by atoms with Gasteiger partial charge in [0.2, 0.25) is 6.79 Å². The second-order valence-corrected chi connectivity index (χ2v) is 8.92. The number of ether oxygens (including phenoxy) is 3. The van der Waals surface area contributed by atoms with Gasteiger partial charge in [0.05, 0.1) is 6.61 Å². The summed E-state index contributed by atoms with van der Waals surface area (Å²) in [5.41, 5.74) is 0. The maximum Gasteiger partial charge on any atom is 0.231 e. The summed E-state index contributed by atoms with van der Waals surface area (Å²) < 4.78 is 18.9. The van der Waals surface area contributed by atoms with E-state index in [1.165, 1.54) is 17.7 Å². The van der Waals surface area contributed by atoms with Gasteiger partial charge in [-0.3, -0.25) is 0 Å². The Morgan fingerprint density at radius 1 is 1.18 bits per heavy atom. The van der Waals surface area contributed by atoms with Crippen molar-refractivity contribution in [1.29, 1.82) is 0 Å². The van der Waals surface area contributed by atoms with Crippen LogP contribution in [0.2, 0.25) is 0 Å². The summed E-state index contributed by atoms with van der Waals surface area (Å²) in [5.74, 6) is 4.38. The predicted molar refractivity (Wildman–Crippen MR) is 109 cm³/mol. The molecule has 0 unspecified atom stereocenters. The third-order valence-electron chi connectivity index (χ3n) is 4.69. The molecule has 1 aromatic carbocycles. The Labute approximate surface area is 171 Å². The van der Waals surface area contributed by atoms with Crippen LogP contribution in [0, 0.1) is 0 Å². The van der Waals surface area contributed by atoms with Crippen molar-refractivity contribution in [1.82, 2.24) is 14.8 Å². The molecular weight excluding hydrogens is 394 g/mol. The van der Waals surface area contributed by atoms with E-state index < -0.39 is 0 Å². The molecule has 0 amide bonds. The van der Waals surface area contributed by atoms with E-state index in [2.05, 4.69) is 32.3 Å². The number of aromatic nitrogens is 3. The number of benzene rings is 1. The van der Waals surface area contributed by atoms with E-state index in [1.807, 2.05) is 18.2 Å². The van der Waals surface area contributed by atoms with Gasteiger partial charge in [0, 0.05) is 29.2 Å². The van der Waals surface area contributed by atoms with Crippen molar-refractivity contribution in [3.05, 3.63) is 46.4 Å². The van der Waals surface area contributed by atoms with Gasteiger partial charge in [0.15, 0.2) is 16.7 Å². The zero-order valence-corrected chi connectivity index (χ0v) is 17.0. The van der Waals surface area contributed by atoms with Crippen LogP contribution in [0.5, 0.6) is 17.2 Å². The van der Waals surface area contributed by atoms with Crippen LogP contribution in [0.25, 0.3) is 0 Å². The van der Waals surface area contributed by atoms with Crippen LogP contribution >= 0.6 is 23.1 Å². The Morgan fingerprint density at radius 2 is 2.11 bits per heavy atom. The smallest absolute Gasteiger partial charge is 0.231 e. The Hall–Kier alpha value is -2.19. The van der Waals surface area contributed by atoms with Crippen LogP contribution in [0.4, 0.5) is 0 Å². The lowest BCUT2D eigenvalue weighted by Crippen LogP contribution is -2.04. The predicted octanol–water partition coefficient (Wildman–Crippen LogP) is 4.56. The minimum absolute atomic E-state index is 0.283. The maximum absolute atomic E-state index is 5.84. The van der Waals surface area contributed by atoms with Crippen molar-refractivity contribution in [3.63, 3.8) is 0 Å². The van der Waals surface area contributed by atoms with E-state index in [1.54, 1.807) is 23.1 Å². The van der Waals surface area contributed by atoms with Gasteiger partial charge in [-0.2, -0.15) is 0 Å². The highest BCUT2D eigenvalue weighted by molar-refractivity contribution is 7.99. The molecule has 0 radical (unpaired) electrons. The third-order valence-corrected chi connectivity index (χ3v) is 6.60. The van der Waals surface area contributed by atoms with Crippen molar-refractivity contribution in [2.45, 2.75) is 36.9 Å². The van der Waals surface area contributed by atoms with E-state index in [0.29, 0.717) is 12.6 Å². The second-order valence-electron chi connectivity index (χ2n) is 6.82. The fourth-order valence-corrected chi connectivity index (χ4v) is 4.81. The monoisotopic (exact) mass is 415 g/mol. The molecule has 1 saturated carbocycles. The summed E-state index contributed by atoms with van der Waals surface area (Å²) >= 11 is 3.55. The number of nitrogens with zero attached hydrogens (tertiary/aromatic N) is 3. The Bertz CT molecular complexity index is 938. The first-order valence-corrected chi connectivity index (χ1v) is 11.3. The zero-order chi connectivity index (χ0) is 18.8. The summed E-state index contributed by atoms with van der Waals surface area (Å²) in [4.78, 5) is 1.34. The topological polar surface area (TPSA) is 58.4 Å². The van der Waals surface area contributed by atoms with Gasteiger partial charge in [0.1, 0.15) is 11.6 Å². The van der Waals surface area contributed by atoms with Crippen molar-refractivity contribution < 1.29 is 14.2 Å². The van der Waals surface area contributed by atoms with Crippen molar-refractivity contribution >= 4 is 23.1 Å². The largest absolute Gasteiger partial charge is 0.493 e. The molecule has 3 heterocycles. The summed E-state index contributed by atoms with van der Waals surface area (Å²) in [6.45, 7) is 0.942. The molecule has 8 heteroatoms. The molecule has 0 bridgehead atoms. The van der Waals surface area contributed by atoms with E-state index in [4.69, 9.17) is 14.2 Å². The van der Waals surface area contributed by atoms with Gasteiger partial charge < -0.3 is 18.8 Å². The number of hydrogen-bond acceptors (Lipinski definition) is 7. The number of fused-ring (bicyclic) bond motifs is 1. The summed E-state index contributed by atoms with van der Waals surface area (Å²) in [6.07, 6.45) is 4.28. The summed E-state index contributed by atoms with van der Waals surface area (Å²) in [6, 6.07) is 10.5. The lowest BCUT2D eigenvalue weighted by Gasteiger charge is -2.09. The normalized spacial score (nSPS) is 15.1.